The van der Waals surface area contributed by atoms with E-state index in [1.165, 1.54) is 17.0 Å². The van der Waals surface area contributed by atoms with Crippen LogP contribution in [0.2, 0.25) is 0 Å². The van der Waals surface area contributed by atoms with Crippen molar-refractivity contribution in [2.45, 2.75) is 17.0 Å². The minimum atomic E-state index is -4.74. The van der Waals surface area contributed by atoms with Gasteiger partial charge in [0, 0.05) is 21.9 Å². The Morgan fingerprint density at radius 1 is 0.893 bits per heavy atom. The van der Waals surface area contributed by atoms with E-state index in [0.717, 1.165) is 23.4 Å². The van der Waals surface area contributed by atoms with Crippen molar-refractivity contribution in [1.82, 2.24) is 0 Å². The largest absolute Gasteiger partial charge is 0.573 e. The van der Waals surface area contributed by atoms with E-state index in [4.69, 9.17) is 0 Å². The summed E-state index contributed by atoms with van der Waals surface area (Å²) in [5.74, 6) is 0.101. The molecule has 1 N–H and O–H groups in total. The van der Waals surface area contributed by atoms with Crippen LogP contribution in [-0.4, -0.2) is 12.3 Å². The molecular formula is C21H16F3NO2S. The smallest absolute Gasteiger partial charge is 0.406 e. The molecule has 0 bridgehead atoms. The van der Waals surface area contributed by atoms with E-state index in [9.17, 15) is 18.0 Å². The number of carbonyl (C=O) groups excluding carboxylic acids is 1. The number of hydrogen-bond acceptors (Lipinski definition) is 3. The lowest BCUT2D eigenvalue weighted by Crippen LogP contribution is -2.17. The number of nitrogens with one attached hydrogen (secondary N) is 1. The molecule has 0 aliphatic carbocycles. The fraction of sp³-hybridized carbons (Fsp3) is 0.0952. The molecule has 3 aromatic carbocycles. The van der Waals surface area contributed by atoms with Gasteiger partial charge in [-0.15, -0.1) is 24.9 Å². The molecule has 3 nitrogen and oxygen atoms in total. The van der Waals surface area contributed by atoms with Crippen molar-refractivity contribution in [2.24, 2.45) is 0 Å². The van der Waals surface area contributed by atoms with Gasteiger partial charge < -0.3 is 10.1 Å². The van der Waals surface area contributed by atoms with Gasteiger partial charge in [-0.05, 0) is 54.1 Å². The summed E-state index contributed by atoms with van der Waals surface area (Å²) in [5.41, 5.74) is 1.92. The summed E-state index contributed by atoms with van der Waals surface area (Å²) in [6, 6.07) is 22.2. The van der Waals surface area contributed by atoms with E-state index in [-0.39, 0.29) is 11.7 Å². The van der Waals surface area contributed by atoms with Crippen molar-refractivity contribution in [1.29, 1.82) is 0 Å². The van der Waals surface area contributed by atoms with Gasteiger partial charge in [0.15, 0.2) is 0 Å². The number of ether oxygens (including phenoxy) is 1. The second-order valence-corrected chi connectivity index (χ2v) is 6.87. The molecule has 0 saturated heterocycles. The van der Waals surface area contributed by atoms with Crippen LogP contribution < -0.4 is 10.1 Å². The molecule has 7 heteroatoms. The predicted octanol–water partition coefficient (Wildman–Crippen LogP) is 6.13. The van der Waals surface area contributed by atoms with Crippen molar-refractivity contribution >= 4 is 23.4 Å². The first kappa shape index (κ1) is 19.8. The Labute approximate surface area is 164 Å². The summed E-state index contributed by atoms with van der Waals surface area (Å²) in [4.78, 5) is 13.5. The zero-order valence-corrected chi connectivity index (χ0v) is 15.4. The minimum Gasteiger partial charge on any atom is -0.406 e. The van der Waals surface area contributed by atoms with Crippen LogP contribution in [0.15, 0.2) is 83.8 Å². The van der Waals surface area contributed by atoms with Crippen LogP contribution in [0.25, 0.3) is 0 Å². The van der Waals surface area contributed by atoms with Crippen LogP contribution in [-0.2, 0) is 5.75 Å². The second-order valence-electron chi connectivity index (χ2n) is 5.82. The Bertz CT molecular complexity index is 911. The molecule has 0 unspecified atom stereocenters. The lowest BCUT2D eigenvalue weighted by atomic mass is 10.1. The summed E-state index contributed by atoms with van der Waals surface area (Å²) < 4.78 is 40.3. The molecule has 0 aliphatic rings. The van der Waals surface area contributed by atoms with E-state index in [0.29, 0.717) is 11.3 Å². The number of benzene rings is 3. The topological polar surface area (TPSA) is 38.3 Å². The third-order valence-corrected chi connectivity index (χ3v) is 4.79. The van der Waals surface area contributed by atoms with Crippen molar-refractivity contribution < 1.29 is 22.7 Å². The molecule has 0 spiro atoms. The Kier molecular flexibility index (Phi) is 6.26. The van der Waals surface area contributed by atoms with E-state index in [1.807, 2.05) is 42.5 Å². The Balaban J connectivity index is 1.55. The molecule has 0 aromatic heterocycles. The summed E-state index contributed by atoms with van der Waals surface area (Å²) in [7, 11) is 0. The molecule has 0 fully saturated rings. The molecule has 0 heterocycles. The van der Waals surface area contributed by atoms with Gasteiger partial charge in [-0.3, -0.25) is 4.79 Å². The van der Waals surface area contributed by atoms with Gasteiger partial charge in [-0.1, -0.05) is 30.3 Å². The first-order valence-electron chi connectivity index (χ1n) is 8.33. The van der Waals surface area contributed by atoms with Crippen molar-refractivity contribution in [3.8, 4) is 5.75 Å². The number of carbonyl (C=O) groups is 1. The Morgan fingerprint density at radius 3 is 2.14 bits per heavy atom. The molecular weight excluding hydrogens is 387 g/mol. The van der Waals surface area contributed by atoms with Gasteiger partial charge in [0.2, 0.25) is 0 Å². The van der Waals surface area contributed by atoms with E-state index in [2.05, 4.69) is 10.1 Å². The number of rotatable bonds is 6. The lowest BCUT2D eigenvalue weighted by Gasteiger charge is -2.10. The van der Waals surface area contributed by atoms with Crippen molar-refractivity contribution in [3.05, 3.63) is 90.0 Å². The highest BCUT2D eigenvalue weighted by atomic mass is 32.2. The van der Waals surface area contributed by atoms with Crippen LogP contribution in [0.1, 0.15) is 15.9 Å². The zero-order chi connectivity index (χ0) is 20.0. The second kappa shape index (κ2) is 8.84. The Morgan fingerprint density at radius 2 is 1.54 bits per heavy atom. The van der Waals surface area contributed by atoms with Gasteiger partial charge in [0.05, 0.1) is 0 Å². The molecule has 144 valence electrons. The summed E-state index contributed by atoms with van der Waals surface area (Å²) in [6.45, 7) is 0. The number of amides is 1. The van der Waals surface area contributed by atoms with Gasteiger partial charge >= 0.3 is 6.36 Å². The van der Waals surface area contributed by atoms with E-state index >= 15 is 0 Å². The van der Waals surface area contributed by atoms with Crippen LogP contribution in [0.5, 0.6) is 5.75 Å². The number of halogens is 3. The molecule has 28 heavy (non-hydrogen) atoms. The number of thioether (sulfide) groups is 1. The van der Waals surface area contributed by atoms with Gasteiger partial charge in [-0.25, -0.2) is 0 Å². The van der Waals surface area contributed by atoms with Crippen molar-refractivity contribution in [3.63, 3.8) is 0 Å². The molecule has 0 aliphatic heterocycles. The monoisotopic (exact) mass is 403 g/mol. The molecule has 0 radical (unpaired) electrons. The standard InChI is InChI=1S/C21H16F3NO2S/c22-21(23,24)27-18-12-10-17(11-13-18)25-20(26)16-8-6-15(7-9-16)14-28-19-4-2-1-3-5-19/h1-13H,14H2,(H,25,26). The van der Waals surface area contributed by atoms with Crippen LogP contribution in [0.4, 0.5) is 18.9 Å². The molecule has 3 rings (SSSR count). The highest BCUT2D eigenvalue weighted by molar-refractivity contribution is 7.98. The fourth-order valence-corrected chi connectivity index (χ4v) is 3.25. The quantitative estimate of drug-likeness (QED) is 0.503. The highest BCUT2D eigenvalue weighted by Crippen LogP contribution is 2.25. The Hall–Kier alpha value is -2.93. The SMILES string of the molecule is O=C(Nc1ccc(OC(F)(F)F)cc1)c1ccc(CSc2ccccc2)cc1. The lowest BCUT2D eigenvalue weighted by molar-refractivity contribution is -0.274. The average molecular weight is 403 g/mol. The zero-order valence-electron chi connectivity index (χ0n) is 14.6. The third kappa shape index (κ3) is 6.06. The third-order valence-electron chi connectivity index (χ3n) is 3.71. The average Bonchev–Trinajstić information content (AvgIpc) is 2.68. The number of alkyl halides is 3. The number of anilines is 1. The van der Waals surface area contributed by atoms with Crippen LogP contribution in [0.3, 0.4) is 0 Å². The maximum atomic E-state index is 12.3. The molecule has 3 aromatic rings. The fourth-order valence-electron chi connectivity index (χ4n) is 2.38. The van der Waals surface area contributed by atoms with E-state index in [1.54, 1.807) is 23.9 Å². The minimum absolute atomic E-state index is 0.341. The van der Waals surface area contributed by atoms with Crippen LogP contribution >= 0.6 is 11.8 Å². The molecule has 1 amide bonds. The highest BCUT2D eigenvalue weighted by Gasteiger charge is 2.30. The first-order chi connectivity index (χ1) is 13.4. The summed E-state index contributed by atoms with van der Waals surface area (Å²) >= 11 is 1.70. The maximum Gasteiger partial charge on any atom is 0.573 e. The summed E-state index contributed by atoms with van der Waals surface area (Å²) in [6.07, 6.45) is -4.74. The van der Waals surface area contributed by atoms with E-state index < -0.39 is 6.36 Å². The van der Waals surface area contributed by atoms with Gasteiger partial charge in [-0.2, -0.15) is 0 Å². The molecule has 0 atom stereocenters. The first-order valence-corrected chi connectivity index (χ1v) is 9.31. The van der Waals surface area contributed by atoms with Crippen molar-refractivity contribution in [2.75, 3.05) is 5.32 Å². The number of hydrogen-bond donors (Lipinski definition) is 1. The molecule has 0 saturated carbocycles. The van der Waals surface area contributed by atoms with Gasteiger partial charge in [0.1, 0.15) is 5.75 Å². The normalized spacial score (nSPS) is 11.1. The van der Waals surface area contributed by atoms with Gasteiger partial charge in [0.25, 0.3) is 5.91 Å². The summed E-state index contributed by atoms with van der Waals surface area (Å²) in [5, 5.41) is 2.64. The van der Waals surface area contributed by atoms with Crippen LogP contribution in [0, 0.1) is 0 Å². The predicted molar refractivity (Wildman–Crippen MR) is 104 cm³/mol. The maximum absolute atomic E-state index is 12.3.